The number of benzene rings is 2. The Labute approximate surface area is 205 Å². The number of nitrogens with zero attached hydrogens (tertiary/aromatic N) is 5. The Morgan fingerprint density at radius 3 is 2.47 bits per heavy atom. The van der Waals surface area contributed by atoms with E-state index < -0.39 is 29.6 Å². The molecule has 36 heavy (non-hydrogen) atoms. The van der Waals surface area contributed by atoms with Gasteiger partial charge < -0.3 is 15.4 Å². The Morgan fingerprint density at radius 1 is 1.17 bits per heavy atom. The van der Waals surface area contributed by atoms with Gasteiger partial charge in [-0.3, -0.25) is 4.79 Å². The van der Waals surface area contributed by atoms with Crippen LogP contribution < -0.4 is 15.4 Å². The lowest BCUT2D eigenvalue weighted by molar-refractivity contribution is -0.146. The molecular formula is C24H26F4N6O2. The fourth-order valence-electron chi connectivity index (χ4n) is 4.85. The largest absolute Gasteiger partial charge is 0.489 e. The van der Waals surface area contributed by atoms with Crippen molar-refractivity contribution in [3.8, 4) is 11.4 Å². The molecule has 4 rings (SSSR count). The normalized spacial score (nSPS) is 20.1. The van der Waals surface area contributed by atoms with Crippen LogP contribution in [0.15, 0.2) is 42.5 Å². The zero-order valence-electron chi connectivity index (χ0n) is 19.9. The Kier molecular flexibility index (Phi) is 6.87. The van der Waals surface area contributed by atoms with Crippen LogP contribution in [-0.4, -0.2) is 45.3 Å². The molecule has 1 aliphatic carbocycles. The van der Waals surface area contributed by atoms with E-state index in [-0.39, 0.29) is 23.8 Å². The first-order valence-electron chi connectivity index (χ1n) is 11.4. The third-order valence-corrected chi connectivity index (χ3v) is 6.39. The number of alkyl halides is 3. The van der Waals surface area contributed by atoms with Gasteiger partial charge in [-0.05, 0) is 73.0 Å². The Bertz CT molecular complexity index is 1230. The number of primary amides is 1. The summed E-state index contributed by atoms with van der Waals surface area (Å²) in [4.78, 5) is 14.2. The summed E-state index contributed by atoms with van der Waals surface area (Å²) in [7, 11) is 1.78. The second-order valence-corrected chi connectivity index (χ2v) is 9.07. The van der Waals surface area contributed by atoms with Gasteiger partial charge in [0.05, 0.1) is 17.5 Å². The van der Waals surface area contributed by atoms with Crippen LogP contribution in [0.4, 0.5) is 23.2 Å². The van der Waals surface area contributed by atoms with Crippen molar-refractivity contribution in [2.24, 2.45) is 11.7 Å². The van der Waals surface area contributed by atoms with Gasteiger partial charge in [0, 0.05) is 24.9 Å². The first-order valence-corrected chi connectivity index (χ1v) is 11.4. The van der Waals surface area contributed by atoms with Crippen molar-refractivity contribution in [1.29, 1.82) is 0 Å². The maximum Gasteiger partial charge on any atom is 0.453 e. The van der Waals surface area contributed by atoms with Gasteiger partial charge in [-0.15, -0.1) is 5.10 Å². The number of rotatable bonds is 7. The highest BCUT2D eigenvalue weighted by Gasteiger charge is 2.43. The predicted molar refractivity (Wildman–Crippen MR) is 123 cm³/mol. The Morgan fingerprint density at radius 2 is 1.86 bits per heavy atom. The minimum atomic E-state index is -4.75. The van der Waals surface area contributed by atoms with E-state index in [1.54, 1.807) is 25.2 Å². The van der Waals surface area contributed by atoms with Crippen molar-refractivity contribution in [3.05, 3.63) is 59.7 Å². The molecule has 12 heteroatoms. The standard InChI is InChI=1S/C24H26F4N6O2/c1-13(2)36-20-11-8-16(34-23(24(26,27)28)30-31-32-34)12-19(20)33(3)18-10-9-17(22(29)35)21(18)14-4-6-15(25)7-5-14/h4-8,11-13,17-18,21H,9-10H2,1-3H3,(H2,29,35). The van der Waals surface area contributed by atoms with Gasteiger partial charge in [0.15, 0.2) is 0 Å². The molecule has 0 spiro atoms. The van der Waals surface area contributed by atoms with Crippen LogP contribution in [0.2, 0.25) is 0 Å². The van der Waals surface area contributed by atoms with Crippen molar-refractivity contribution in [1.82, 2.24) is 20.2 Å². The molecule has 3 atom stereocenters. The number of nitrogens with two attached hydrogens (primary N) is 1. The first kappa shape index (κ1) is 25.4. The molecule has 0 saturated heterocycles. The summed E-state index contributed by atoms with van der Waals surface area (Å²) in [5.41, 5.74) is 7.04. The summed E-state index contributed by atoms with van der Waals surface area (Å²) in [5, 5.41) is 9.84. The van der Waals surface area contributed by atoms with Gasteiger partial charge in [-0.2, -0.15) is 17.9 Å². The average Bonchev–Trinajstić information content (AvgIpc) is 3.47. The zero-order chi connectivity index (χ0) is 26.2. The number of ether oxygens (including phenoxy) is 1. The van der Waals surface area contributed by atoms with Crippen LogP contribution in [0.25, 0.3) is 5.69 Å². The minimum absolute atomic E-state index is 0.0908. The van der Waals surface area contributed by atoms with E-state index in [9.17, 15) is 22.4 Å². The van der Waals surface area contributed by atoms with Gasteiger partial charge in [0.2, 0.25) is 5.91 Å². The number of amides is 1. The van der Waals surface area contributed by atoms with E-state index in [0.717, 1.165) is 5.56 Å². The third-order valence-electron chi connectivity index (χ3n) is 6.39. The molecule has 0 bridgehead atoms. The molecule has 1 saturated carbocycles. The van der Waals surface area contributed by atoms with E-state index in [1.165, 1.54) is 24.3 Å². The second kappa shape index (κ2) is 9.75. The fourth-order valence-corrected chi connectivity index (χ4v) is 4.85. The summed E-state index contributed by atoms with van der Waals surface area (Å²) >= 11 is 0. The third kappa shape index (κ3) is 4.98. The maximum absolute atomic E-state index is 13.6. The highest BCUT2D eigenvalue weighted by molar-refractivity contribution is 5.79. The quantitative estimate of drug-likeness (QED) is 0.485. The molecule has 2 aromatic carbocycles. The van der Waals surface area contributed by atoms with Crippen molar-refractivity contribution in [3.63, 3.8) is 0 Å². The second-order valence-electron chi connectivity index (χ2n) is 9.07. The Hall–Kier alpha value is -3.70. The molecule has 1 amide bonds. The van der Waals surface area contributed by atoms with E-state index in [4.69, 9.17) is 10.5 Å². The summed E-state index contributed by atoms with van der Waals surface area (Å²) in [5.74, 6) is -2.53. The number of tetrazole rings is 1. The van der Waals surface area contributed by atoms with Crippen molar-refractivity contribution in [2.45, 2.75) is 50.9 Å². The van der Waals surface area contributed by atoms with Gasteiger partial charge in [0.25, 0.3) is 5.82 Å². The lowest BCUT2D eigenvalue weighted by Gasteiger charge is -2.34. The number of halogens is 4. The number of hydrogen-bond acceptors (Lipinski definition) is 6. The predicted octanol–water partition coefficient (Wildman–Crippen LogP) is 4.09. The van der Waals surface area contributed by atoms with E-state index >= 15 is 0 Å². The minimum Gasteiger partial charge on any atom is -0.489 e. The van der Waals surface area contributed by atoms with Crippen LogP contribution in [0.5, 0.6) is 5.75 Å². The fraction of sp³-hybridized carbons (Fsp3) is 0.417. The van der Waals surface area contributed by atoms with E-state index in [0.29, 0.717) is 29.0 Å². The van der Waals surface area contributed by atoms with Crippen molar-refractivity contribution in [2.75, 3.05) is 11.9 Å². The highest BCUT2D eigenvalue weighted by Crippen LogP contribution is 2.45. The Balaban J connectivity index is 1.79. The topological polar surface area (TPSA) is 99.2 Å². The van der Waals surface area contributed by atoms with E-state index in [2.05, 4.69) is 15.5 Å². The number of carbonyl (C=O) groups excluding carboxylic acids is 1. The lowest BCUT2D eigenvalue weighted by Crippen LogP contribution is -2.38. The number of hydrogen-bond donors (Lipinski definition) is 1. The van der Waals surface area contributed by atoms with Crippen LogP contribution in [-0.2, 0) is 11.0 Å². The number of carbonyl (C=O) groups is 1. The van der Waals surface area contributed by atoms with Gasteiger partial charge in [-0.1, -0.05) is 12.1 Å². The molecule has 8 nitrogen and oxygen atoms in total. The number of anilines is 1. The molecule has 3 aromatic rings. The van der Waals surface area contributed by atoms with Gasteiger partial charge in [0.1, 0.15) is 11.6 Å². The molecule has 1 aromatic heterocycles. The average molecular weight is 507 g/mol. The molecule has 2 N–H and O–H groups in total. The molecule has 0 radical (unpaired) electrons. The summed E-state index contributed by atoms with van der Waals surface area (Å²) in [6.45, 7) is 3.67. The SMILES string of the molecule is CC(C)Oc1ccc(-n2nnnc2C(F)(F)F)cc1N(C)C1CCC(C(N)=O)C1c1ccc(F)cc1. The monoisotopic (exact) mass is 506 g/mol. The lowest BCUT2D eigenvalue weighted by atomic mass is 9.85. The zero-order valence-corrected chi connectivity index (χ0v) is 19.9. The van der Waals surface area contributed by atoms with Crippen molar-refractivity contribution < 1.29 is 27.1 Å². The van der Waals surface area contributed by atoms with Gasteiger partial charge >= 0.3 is 6.18 Å². The summed E-state index contributed by atoms with van der Waals surface area (Å²) < 4.78 is 60.5. The highest BCUT2D eigenvalue weighted by atomic mass is 19.4. The summed E-state index contributed by atoms with van der Waals surface area (Å²) in [6, 6.07) is 10.2. The van der Waals surface area contributed by atoms with Gasteiger partial charge in [-0.25, -0.2) is 4.39 Å². The van der Waals surface area contributed by atoms with Crippen LogP contribution in [0.3, 0.4) is 0 Å². The smallest absolute Gasteiger partial charge is 0.453 e. The number of likely N-dealkylation sites (N-methyl/N-ethyl adjacent to an activating group) is 1. The molecule has 1 aliphatic rings. The molecule has 1 heterocycles. The van der Waals surface area contributed by atoms with Crippen LogP contribution in [0.1, 0.15) is 44.0 Å². The molecular weight excluding hydrogens is 480 g/mol. The first-order chi connectivity index (χ1) is 17.0. The molecule has 1 fully saturated rings. The van der Waals surface area contributed by atoms with Crippen molar-refractivity contribution >= 4 is 11.6 Å². The maximum atomic E-state index is 13.6. The molecule has 192 valence electrons. The van der Waals surface area contributed by atoms with E-state index in [1.807, 2.05) is 18.7 Å². The summed E-state index contributed by atoms with van der Waals surface area (Å²) in [6.07, 6.45) is -3.87. The number of aromatic nitrogens is 4. The van der Waals surface area contributed by atoms with Crippen LogP contribution >= 0.6 is 0 Å². The molecule has 3 unspecified atom stereocenters. The van der Waals surface area contributed by atoms with Crippen LogP contribution in [0, 0.1) is 11.7 Å². The molecule has 0 aliphatic heterocycles.